The molecule has 1 heterocycles. The topological polar surface area (TPSA) is 117 Å². The lowest BCUT2D eigenvalue weighted by molar-refractivity contribution is -0.139. The van der Waals surface area contributed by atoms with Gasteiger partial charge in [0.2, 0.25) is 0 Å². The Morgan fingerprint density at radius 2 is 1.61 bits per heavy atom. The Labute approximate surface area is 256 Å². The van der Waals surface area contributed by atoms with Crippen LogP contribution in [0.2, 0.25) is 0 Å². The van der Waals surface area contributed by atoms with Crippen LogP contribution in [-0.4, -0.2) is 38.5 Å². The molecular formula is C37H37FN2O4. The minimum atomic E-state index is -1.13. The van der Waals surface area contributed by atoms with Crippen molar-refractivity contribution < 1.29 is 24.5 Å². The number of carboxylic acid groups (broad SMARTS) is 1. The van der Waals surface area contributed by atoms with E-state index in [4.69, 9.17) is 15.8 Å². The molecule has 0 aliphatic heterocycles. The molecular weight excluding hydrogens is 555 g/mol. The molecule has 6 nitrogen and oxygen atoms in total. The fourth-order valence-electron chi connectivity index (χ4n) is 5.51. The highest BCUT2D eigenvalue weighted by Crippen LogP contribution is 2.45. The van der Waals surface area contributed by atoms with Gasteiger partial charge in [0.05, 0.1) is 29.8 Å². The molecule has 0 spiro atoms. The third-order valence-electron chi connectivity index (χ3n) is 7.78. The predicted octanol–water partition coefficient (Wildman–Crippen LogP) is 7.38. The highest BCUT2D eigenvalue weighted by Gasteiger charge is 2.29. The SMILES string of the molecule is C[C@@H](N)c1cccc2ccccc12.O=C(O)C[C@H](O)C[C@H](O)C=Cc1c(C2CC2)nc2ccccc2c1-c1ccc(F)cc1. The first kappa shape index (κ1) is 31.0. The molecule has 226 valence electrons. The van der Waals surface area contributed by atoms with Crippen molar-refractivity contribution in [2.75, 3.05) is 0 Å². The second-order valence-electron chi connectivity index (χ2n) is 11.4. The lowest BCUT2D eigenvalue weighted by Crippen LogP contribution is -2.19. The zero-order valence-electron chi connectivity index (χ0n) is 24.6. The number of carboxylic acids is 1. The van der Waals surface area contributed by atoms with Gasteiger partial charge in [-0.25, -0.2) is 4.39 Å². The summed E-state index contributed by atoms with van der Waals surface area (Å²) in [5.74, 6) is -1.10. The monoisotopic (exact) mass is 592 g/mol. The van der Waals surface area contributed by atoms with E-state index in [0.29, 0.717) is 5.92 Å². The third-order valence-corrected chi connectivity index (χ3v) is 7.78. The van der Waals surface area contributed by atoms with Gasteiger partial charge in [0.15, 0.2) is 0 Å². The number of rotatable bonds is 9. The van der Waals surface area contributed by atoms with Crippen molar-refractivity contribution >= 4 is 33.7 Å². The number of aromatic nitrogens is 1. The smallest absolute Gasteiger partial charge is 0.305 e. The van der Waals surface area contributed by atoms with Gasteiger partial charge in [0.25, 0.3) is 0 Å². The summed E-state index contributed by atoms with van der Waals surface area (Å²) in [4.78, 5) is 15.6. The Morgan fingerprint density at radius 3 is 2.30 bits per heavy atom. The maximum atomic E-state index is 13.6. The van der Waals surface area contributed by atoms with Crippen LogP contribution in [0.3, 0.4) is 0 Å². The van der Waals surface area contributed by atoms with Crippen LogP contribution in [0.15, 0.2) is 97.1 Å². The van der Waals surface area contributed by atoms with Crippen molar-refractivity contribution in [3.63, 3.8) is 0 Å². The average Bonchev–Trinajstić information content (AvgIpc) is 3.85. The molecule has 4 aromatic carbocycles. The summed E-state index contributed by atoms with van der Waals surface area (Å²) in [7, 11) is 0. The first-order chi connectivity index (χ1) is 21.2. The normalized spacial score (nSPS) is 15.1. The highest BCUT2D eigenvalue weighted by molar-refractivity contribution is 5.99. The van der Waals surface area contributed by atoms with Gasteiger partial charge < -0.3 is 21.1 Å². The van der Waals surface area contributed by atoms with Crippen molar-refractivity contribution in [3.8, 4) is 11.1 Å². The maximum Gasteiger partial charge on any atom is 0.305 e. The van der Waals surface area contributed by atoms with Gasteiger partial charge in [-0.15, -0.1) is 0 Å². The number of para-hydroxylation sites is 1. The Kier molecular flexibility index (Phi) is 9.80. The average molecular weight is 593 g/mol. The molecule has 0 saturated heterocycles. The summed E-state index contributed by atoms with van der Waals surface area (Å²) < 4.78 is 13.6. The zero-order valence-corrected chi connectivity index (χ0v) is 24.6. The number of hydrogen-bond acceptors (Lipinski definition) is 5. The molecule has 44 heavy (non-hydrogen) atoms. The number of pyridine rings is 1. The molecule has 3 atom stereocenters. The number of aliphatic hydroxyl groups is 2. The summed E-state index contributed by atoms with van der Waals surface area (Å²) in [6.45, 7) is 2.02. The van der Waals surface area contributed by atoms with Crippen molar-refractivity contribution in [1.82, 2.24) is 4.98 Å². The van der Waals surface area contributed by atoms with E-state index < -0.39 is 24.6 Å². The van der Waals surface area contributed by atoms with E-state index in [1.165, 1.54) is 28.5 Å². The molecule has 0 radical (unpaired) electrons. The van der Waals surface area contributed by atoms with E-state index in [0.717, 1.165) is 46.1 Å². The summed E-state index contributed by atoms with van der Waals surface area (Å²) >= 11 is 0. The molecule has 1 saturated carbocycles. The van der Waals surface area contributed by atoms with E-state index >= 15 is 0 Å². The molecule has 0 unspecified atom stereocenters. The van der Waals surface area contributed by atoms with E-state index in [2.05, 4.69) is 30.3 Å². The zero-order chi connectivity index (χ0) is 31.2. The molecule has 6 rings (SSSR count). The van der Waals surface area contributed by atoms with Crippen LogP contribution in [0.4, 0.5) is 4.39 Å². The van der Waals surface area contributed by atoms with Crippen molar-refractivity contribution in [1.29, 1.82) is 0 Å². The first-order valence-electron chi connectivity index (χ1n) is 14.9. The third kappa shape index (κ3) is 7.55. The van der Waals surface area contributed by atoms with Crippen molar-refractivity contribution in [3.05, 3.63) is 120 Å². The molecule has 1 aromatic heterocycles. The minimum Gasteiger partial charge on any atom is -0.481 e. The van der Waals surface area contributed by atoms with Crippen LogP contribution in [-0.2, 0) is 4.79 Å². The number of hydrogen-bond donors (Lipinski definition) is 4. The maximum absolute atomic E-state index is 13.6. The lowest BCUT2D eigenvalue weighted by Gasteiger charge is -2.16. The number of nitrogens with two attached hydrogens (primary N) is 1. The van der Waals surface area contributed by atoms with Crippen LogP contribution >= 0.6 is 0 Å². The summed E-state index contributed by atoms with van der Waals surface area (Å²) in [6.07, 6.45) is 2.80. The fraction of sp³-hybridized carbons (Fsp3) is 0.243. The van der Waals surface area contributed by atoms with Gasteiger partial charge in [0.1, 0.15) is 5.82 Å². The van der Waals surface area contributed by atoms with Gasteiger partial charge >= 0.3 is 5.97 Å². The van der Waals surface area contributed by atoms with E-state index in [1.807, 2.05) is 43.3 Å². The van der Waals surface area contributed by atoms with E-state index in [1.54, 1.807) is 24.3 Å². The molecule has 0 amide bonds. The number of aliphatic hydroxyl groups excluding tert-OH is 2. The van der Waals surface area contributed by atoms with E-state index in [-0.39, 0.29) is 18.3 Å². The van der Waals surface area contributed by atoms with Gasteiger partial charge in [0, 0.05) is 34.9 Å². The molecule has 1 fully saturated rings. The Balaban J connectivity index is 0.000000245. The van der Waals surface area contributed by atoms with Crippen molar-refractivity contribution in [2.24, 2.45) is 5.73 Å². The molecule has 7 heteroatoms. The van der Waals surface area contributed by atoms with Crippen molar-refractivity contribution in [2.45, 2.75) is 56.8 Å². The van der Waals surface area contributed by atoms with E-state index in [9.17, 15) is 19.4 Å². The van der Waals surface area contributed by atoms with Crippen LogP contribution in [0, 0.1) is 5.82 Å². The molecule has 1 aliphatic rings. The molecule has 1 aliphatic carbocycles. The largest absolute Gasteiger partial charge is 0.481 e. The Morgan fingerprint density at radius 1 is 0.955 bits per heavy atom. The fourth-order valence-corrected chi connectivity index (χ4v) is 5.51. The minimum absolute atomic E-state index is 0.0749. The number of fused-ring (bicyclic) bond motifs is 2. The second-order valence-corrected chi connectivity index (χ2v) is 11.4. The highest BCUT2D eigenvalue weighted by atomic mass is 19.1. The molecule has 5 N–H and O–H groups in total. The van der Waals surface area contributed by atoms with Gasteiger partial charge in [-0.05, 0) is 59.9 Å². The summed E-state index contributed by atoms with van der Waals surface area (Å²) in [5, 5.41) is 32.4. The molecule has 0 bridgehead atoms. The Bertz CT molecular complexity index is 1780. The molecule has 5 aromatic rings. The quantitative estimate of drug-likeness (QED) is 0.142. The van der Waals surface area contributed by atoms with Crippen LogP contribution in [0.25, 0.3) is 38.9 Å². The number of benzene rings is 4. The van der Waals surface area contributed by atoms with Crippen LogP contribution < -0.4 is 5.73 Å². The Hall–Kier alpha value is -4.43. The number of halogens is 1. The van der Waals surface area contributed by atoms with Gasteiger partial charge in [-0.2, -0.15) is 0 Å². The standard InChI is InChI=1S/C25H24FNO4.C12H13N/c26-17-9-7-15(8-10-17)24-20-3-1-2-4-22(20)27-25(16-5-6-16)21(24)12-11-18(28)13-19(29)14-23(30)31;1-9(13)11-8-4-6-10-5-2-3-7-12(10)11/h1-4,7-12,16,18-19,28-29H,5-6,13-14H2,(H,30,31);2-9H,13H2,1H3/t18-,19-;9-/m11/s1. The second kappa shape index (κ2) is 13.9. The number of carbonyl (C=O) groups is 1. The lowest BCUT2D eigenvalue weighted by atomic mass is 9.92. The predicted molar refractivity (Wildman–Crippen MR) is 174 cm³/mol. The first-order valence-corrected chi connectivity index (χ1v) is 14.9. The summed E-state index contributed by atoms with van der Waals surface area (Å²) in [5.41, 5.74) is 11.5. The van der Waals surface area contributed by atoms with Crippen LogP contribution in [0.1, 0.15) is 61.4 Å². The van der Waals surface area contributed by atoms with Crippen LogP contribution in [0.5, 0.6) is 0 Å². The summed E-state index contributed by atoms with van der Waals surface area (Å²) in [6, 6.07) is 28.8. The number of aliphatic carboxylic acids is 1. The number of nitrogens with zero attached hydrogens (tertiary/aromatic N) is 1. The van der Waals surface area contributed by atoms with Gasteiger partial charge in [-0.3, -0.25) is 9.78 Å². The van der Waals surface area contributed by atoms with Gasteiger partial charge in [-0.1, -0.05) is 84.9 Å².